The van der Waals surface area contributed by atoms with Crippen LogP contribution in [0.2, 0.25) is 0 Å². The van der Waals surface area contributed by atoms with Crippen LogP contribution < -0.4 is 44.6 Å². The Bertz CT molecular complexity index is 1580. The molecule has 3 aromatic rings. The van der Waals surface area contributed by atoms with Crippen LogP contribution in [-0.4, -0.2) is 83.0 Å². The highest BCUT2D eigenvalue weighted by Crippen LogP contribution is 2.19. The van der Waals surface area contributed by atoms with Gasteiger partial charge in [-0.2, -0.15) is 0 Å². The zero-order valence-corrected chi connectivity index (χ0v) is 26.6. The number of aliphatic carboxylic acids is 1. The summed E-state index contributed by atoms with van der Waals surface area (Å²) in [7, 11) is 0. The first kappa shape index (κ1) is 36.8. The Labute approximate surface area is 278 Å². The van der Waals surface area contributed by atoms with Gasteiger partial charge in [-0.25, -0.2) is 4.79 Å². The van der Waals surface area contributed by atoms with Crippen LogP contribution >= 0.6 is 0 Å². The number of guanidine groups is 2. The van der Waals surface area contributed by atoms with E-state index in [9.17, 15) is 24.3 Å². The second kappa shape index (κ2) is 18.5. The molecule has 1 aromatic heterocycles. The number of fused-ring (bicyclic) bond motifs is 1. The number of carboxylic acids is 1. The van der Waals surface area contributed by atoms with Crippen LogP contribution in [0.1, 0.15) is 36.8 Å². The van der Waals surface area contributed by atoms with Crippen molar-refractivity contribution in [2.45, 2.75) is 62.7 Å². The van der Waals surface area contributed by atoms with E-state index in [4.69, 9.17) is 28.7 Å². The molecule has 0 saturated heterocycles. The molecule has 15 N–H and O–H groups in total. The first-order chi connectivity index (χ1) is 22.9. The summed E-state index contributed by atoms with van der Waals surface area (Å²) >= 11 is 0. The molecule has 2 aromatic carbocycles. The number of rotatable bonds is 19. The molecule has 0 spiro atoms. The van der Waals surface area contributed by atoms with Crippen LogP contribution in [0.4, 0.5) is 0 Å². The van der Waals surface area contributed by atoms with Crippen molar-refractivity contribution in [3.05, 3.63) is 71.9 Å². The summed E-state index contributed by atoms with van der Waals surface area (Å²) in [5, 5.41) is 18.8. The van der Waals surface area contributed by atoms with Crippen LogP contribution in [0.25, 0.3) is 10.9 Å². The van der Waals surface area contributed by atoms with Crippen LogP contribution in [0.3, 0.4) is 0 Å². The third kappa shape index (κ3) is 11.9. The van der Waals surface area contributed by atoms with Gasteiger partial charge in [0.1, 0.15) is 18.1 Å². The van der Waals surface area contributed by atoms with Crippen LogP contribution in [0.15, 0.2) is 70.8 Å². The summed E-state index contributed by atoms with van der Waals surface area (Å²) < 4.78 is 0. The standard InChI is InChI=1S/C32H45N11O5/c33-22(11-6-14-38-31(34)35)27(44)42-25(16-19-8-2-1-3-9-19)29(46)41-24(13-7-15-39-32(36)37)28(45)43-26(30(47)48)17-20-18-40-23-12-5-4-10-21(20)23/h1-5,8-10,12,18,22,24-26,40H,6-7,11,13-17,33H2,(H,41,46)(H,42,44)(H,43,45)(H,47,48)(H4,34,35,38)(H4,36,37,39). The average molecular weight is 664 g/mol. The number of nitrogens with two attached hydrogens (primary N) is 5. The fourth-order valence-corrected chi connectivity index (χ4v) is 5.03. The molecule has 0 fully saturated rings. The van der Waals surface area contributed by atoms with Crippen molar-refractivity contribution in [2.75, 3.05) is 13.1 Å². The zero-order valence-electron chi connectivity index (χ0n) is 26.6. The van der Waals surface area contributed by atoms with E-state index < -0.39 is 47.9 Å². The lowest BCUT2D eigenvalue weighted by Gasteiger charge is -2.25. The highest BCUT2D eigenvalue weighted by molar-refractivity contribution is 5.94. The number of hydrogen-bond donors (Lipinski definition) is 10. The quantitative estimate of drug-likeness (QED) is 0.0420. The van der Waals surface area contributed by atoms with E-state index in [1.54, 1.807) is 30.5 Å². The molecule has 258 valence electrons. The lowest BCUT2D eigenvalue weighted by molar-refractivity contribution is -0.142. The lowest BCUT2D eigenvalue weighted by atomic mass is 10.0. The van der Waals surface area contributed by atoms with Gasteiger partial charge in [-0.3, -0.25) is 24.4 Å². The number of carboxylic acid groups (broad SMARTS) is 1. The number of hydrogen-bond acceptors (Lipinski definition) is 7. The molecular formula is C32H45N11O5. The van der Waals surface area contributed by atoms with Crippen molar-refractivity contribution in [3.63, 3.8) is 0 Å². The Morgan fingerprint density at radius 3 is 1.92 bits per heavy atom. The molecule has 16 nitrogen and oxygen atoms in total. The Morgan fingerprint density at radius 1 is 0.708 bits per heavy atom. The molecule has 3 amide bonds. The van der Waals surface area contributed by atoms with Crippen LogP contribution in [0, 0.1) is 0 Å². The first-order valence-electron chi connectivity index (χ1n) is 15.5. The lowest BCUT2D eigenvalue weighted by Crippen LogP contribution is -2.57. The molecule has 48 heavy (non-hydrogen) atoms. The third-order valence-corrected chi connectivity index (χ3v) is 7.51. The third-order valence-electron chi connectivity index (χ3n) is 7.51. The summed E-state index contributed by atoms with van der Waals surface area (Å²) in [6, 6.07) is 11.8. The van der Waals surface area contributed by atoms with Gasteiger partial charge >= 0.3 is 5.97 Å². The van der Waals surface area contributed by atoms with E-state index in [1.165, 1.54) is 0 Å². The monoisotopic (exact) mass is 663 g/mol. The van der Waals surface area contributed by atoms with Crippen LogP contribution in [-0.2, 0) is 32.0 Å². The maximum atomic E-state index is 13.7. The van der Waals surface area contributed by atoms with Crippen molar-refractivity contribution in [3.8, 4) is 0 Å². The zero-order chi connectivity index (χ0) is 35.1. The van der Waals surface area contributed by atoms with Gasteiger partial charge < -0.3 is 54.7 Å². The van der Waals surface area contributed by atoms with Gasteiger partial charge in [-0.15, -0.1) is 0 Å². The van der Waals surface area contributed by atoms with E-state index in [0.717, 1.165) is 16.5 Å². The normalized spacial score (nSPS) is 13.4. The molecule has 3 rings (SSSR count). The van der Waals surface area contributed by atoms with E-state index >= 15 is 0 Å². The topological polar surface area (TPSA) is 295 Å². The number of carbonyl (C=O) groups excluding carboxylic acids is 3. The molecule has 0 radical (unpaired) electrons. The van der Waals surface area contributed by atoms with Crippen molar-refractivity contribution in [1.29, 1.82) is 0 Å². The van der Waals surface area contributed by atoms with Gasteiger partial charge in [0, 0.05) is 43.0 Å². The van der Waals surface area contributed by atoms with Crippen molar-refractivity contribution >= 4 is 46.5 Å². The second-order valence-electron chi connectivity index (χ2n) is 11.3. The molecule has 16 heteroatoms. The Hall–Kier alpha value is -5.64. The molecular weight excluding hydrogens is 618 g/mol. The molecule has 4 atom stereocenters. The number of aromatic amines is 1. The Morgan fingerprint density at radius 2 is 1.27 bits per heavy atom. The van der Waals surface area contributed by atoms with E-state index in [1.807, 2.05) is 30.3 Å². The van der Waals surface area contributed by atoms with E-state index in [2.05, 4.69) is 30.9 Å². The number of aliphatic imine (C=N–C) groups is 2. The molecule has 1 heterocycles. The van der Waals surface area contributed by atoms with Gasteiger partial charge in [-0.1, -0.05) is 48.5 Å². The van der Waals surface area contributed by atoms with Gasteiger partial charge in [0.05, 0.1) is 6.04 Å². The Kier molecular flexibility index (Phi) is 14.2. The van der Waals surface area contributed by atoms with Crippen molar-refractivity contribution in [1.82, 2.24) is 20.9 Å². The number of nitrogens with one attached hydrogen (secondary N) is 4. The number of carbonyl (C=O) groups is 4. The minimum atomic E-state index is -1.30. The number of amides is 3. The van der Waals surface area contributed by atoms with Crippen LogP contribution in [0.5, 0.6) is 0 Å². The average Bonchev–Trinajstić information content (AvgIpc) is 3.46. The molecule has 0 saturated carbocycles. The number of para-hydroxylation sites is 1. The smallest absolute Gasteiger partial charge is 0.326 e. The molecule has 0 aliphatic heterocycles. The predicted octanol–water partition coefficient (Wildman–Crippen LogP) is -1.07. The maximum Gasteiger partial charge on any atom is 0.326 e. The largest absolute Gasteiger partial charge is 0.480 e. The fourth-order valence-electron chi connectivity index (χ4n) is 5.03. The maximum absolute atomic E-state index is 13.7. The van der Waals surface area contributed by atoms with Gasteiger partial charge in [0.25, 0.3) is 0 Å². The molecule has 4 unspecified atom stereocenters. The minimum Gasteiger partial charge on any atom is -0.480 e. The summed E-state index contributed by atoms with van der Waals surface area (Å²) in [6.45, 7) is 0.449. The summed E-state index contributed by atoms with van der Waals surface area (Å²) in [6.07, 6.45) is 2.84. The van der Waals surface area contributed by atoms with E-state index in [0.29, 0.717) is 12.0 Å². The number of benzene rings is 2. The van der Waals surface area contributed by atoms with E-state index in [-0.39, 0.29) is 57.1 Å². The summed E-state index contributed by atoms with van der Waals surface area (Å²) in [4.78, 5) is 63.6. The van der Waals surface area contributed by atoms with Gasteiger partial charge in [-0.05, 0) is 42.9 Å². The predicted molar refractivity (Wildman–Crippen MR) is 183 cm³/mol. The minimum absolute atomic E-state index is 0.00643. The summed E-state index contributed by atoms with van der Waals surface area (Å²) in [5.74, 6) is -3.41. The molecule has 0 aliphatic carbocycles. The SMILES string of the molecule is NC(N)=NCCCC(N)C(=O)NC(Cc1ccccc1)C(=O)NC(CCCN=C(N)N)C(=O)NC(Cc1c[nH]c2ccccc12)C(=O)O. The van der Waals surface area contributed by atoms with Crippen molar-refractivity contribution < 1.29 is 24.3 Å². The highest BCUT2D eigenvalue weighted by Gasteiger charge is 2.31. The van der Waals surface area contributed by atoms with Gasteiger partial charge in [0.15, 0.2) is 11.9 Å². The molecule has 0 bridgehead atoms. The number of nitrogens with zero attached hydrogens (tertiary/aromatic N) is 2. The highest BCUT2D eigenvalue weighted by atomic mass is 16.4. The second-order valence-corrected chi connectivity index (χ2v) is 11.3. The first-order valence-corrected chi connectivity index (χ1v) is 15.5. The molecule has 0 aliphatic rings. The van der Waals surface area contributed by atoms with Crippen molar-refractivity contribution in [2.24, 2.45) is 38.7 Å². The Balaban J connectivity index is 1.78. The number of aromatic nitrogens is 1. The fraction of sp³-hybridized carbons (Fsp3) is 0.375. The summed E-state index contributed by atoms with van der Waals surface area (Å²) in [5.41, 5.74) is 29.9. The van der Waals surface area contributed by atoms with Gasteiger partial charge in [0.2, 0.25) is 17.7 Å². The number of H-pyrrole nitrogens is 1.